The van der Waals surface area contributed by atoms with Crippen LogP contribution in [-0.4, -0.2) is 64.8 Å². The molecule has 23 heteroatoms. The molecular weight excluding hydrogens is 1270 g/mol. The Kier molecular flexibility index (Phi) is 19.0. The average molecular weight is 1320 g/mol. The largest absolute Gasteiger partial charge is 0.384 e. The van der Waals surface area contributed by atoms with Crippen LogP contribution in [0.4, 0.5) is 45.5 Å². The van der Waals surface area contributed by atoms with Gasteiger partial charge in [-0.3, -0.25) is 0 Å². The van der Waals surface area contributed by atoms with Crippen LogP contribution < -0.4 is 22.9 Å². The third-order valence-corrected chi connectivity index (χ3v) is 15.9. The van der Waals surface area contributed by atoms with E-state index in [-0.39, 0.29) is 41.0 Å². The van der Waals surface area contributed by atoms with Crippen LogP contribution in [0.25, 0.3) is 122 Å². The summed E-state index contributed by atoms with van der Waals surface area (Å²) in [5.74, 6) is -1.32. The van der Waals surface area contributed by atoms with Crippen molar-refractivity contribution in [2.75, 3.05) is 22.9 Å². The molecule has 0 aliphatic rings. The molecule has 0 atom stereocenters. The zero-order valence-corrected chi connectivity index (χ0v) is 53.4. The molecular formula is C75H55ClF5N17. The Labute approximate surface area is 562 Å². The van der Waals surface area contributed by atoms with E-state index in [1.807, 2.05) is 94.4 Å². The van der Waals surface area contributed by atoms with Gasteiger partial charge in [-0.1, -0.05) is 29.8 Å². The molecule has 0 aliphatic carbocycles. The molecule has 0 aliphatic heterocycles. The Hall–Kier alpha value is -12.7. The Morgan fingerprint density at radius 3 is 1.07 bits per heavy atom. The van der Waals surface area contributed by atoms with Gasteiger partial charge in [-0.05, 0) is 214 Å². The second kappa shape index (κ2) is 28.5. The van der Waals surface area contributed by atoms with Crippen molar-refractivity contribution in [3.63, 3.8) is 0 Å². The van der Waals surface area contributed by atoms with Crippen LogP contribution in [0.3, 0.4) is 0 Å². The van der Waals surface area contributed by atoms with Crippen LogP contribution in [0.5, 0.6) is 0 Å². The molecule has 0 unspecified atom stereocenters. The highest BCUT2D eigenvalue weighted by Gasteiger charge is 2.19. The lowest BCUT2D eigenvalue weighted by Gasteiger charge is -2.12. The minimum atomic E-state index is -0.605. The number of pyridine rings is 3. The molecule has 482 valence electrons. The molecule has 8 heterocycles. The first kappa shape index (κ1) is 65.4. The molecule has 0 saturated heterocycles. The summed E-state index contributed by atoms with van der Waals surface area (Å²) in [5, 5.41) is 3.20. The van der Waals surface area contributed by atoms with E-state index in [9.17, 15) is 22.0 Å². The molecule has 15 aromatic rings. The summed E-state index contributed by atoms with van der Waals surface area (Å²) in [6.07, 6.45) is 7.93. The lowest BCUT2D eigenvalue weighted by Crippen LogP contribution is -2.00. The molecule has 17 nitrogen and oxygen atoms in total. The summed E-state index contributed by atoms with van der Waals surface area (Å²) < 4.78 is 67.1. The van der Waals surface area contributed by atoms with Crippen molar-refractivity contribution >= 4 is 67.8 Å². The topological polar surface area (TPSA) is 272 Å². The van der Waals surface area contributed by atoms with Gasteiger partial charge in [0.25, 0.3) is 0 Å². The monoisotopic (exact) mass is 1320 g/mol. The normalized spacial score (nSPS) is 10.9. The highest BCUT2D eigenvalue weighted by molar-refractivity contribution is 6.29. The summed E-state index contributed by atoms with van der Waals surface area (Å²) in [7, 11) is 0. The van der Waals surface area contributed by atoms with Crippen molar-refractivity contribution in [2.24, 2.45) is 0 Å². The molecule has 8 aromatic heterocycles. The standard InChI is InChI=1S/C20H14F2N4.C20H15FN4.C19H14FN5.C16H12ClFN4/c1-11-15-8-13(4-7-18(15)25-10-24-11)16-9-17(22)20(23)26-19(16)12-2-5-14(21)6-3-12;1-12-17-10-14(4-8-18(17)24-11-23-12)16-7-9-19(22)25-20(16)13-2-5-15(21)6-3-13;1-11-15-8-13(4-7-17(15)24-10-23-11)16-9-22-19(21)25-18(16)12-2-5-14(20)6-3-12;1-9-6-11(7-14(17)21-9)13-8-20-16(19)22-15(13)10-2-4-12(18)5-3-10/h2-10H,1H3,(H2,23,26);2-11H,1H3,(H2,22,25);2-10H,1H3,(H2,21,22,25);2-8H,1H3,(H2,19,20,22). The van der Waals surface area contributed by atoms with Gasteiger partial charge in [0.15, 0.2) is 11.6 Å². The van der Waals surface area contributed by atoms with Gasteiger partial charge in [0.1, 0.15) is 53.2 Å². The average Bonchev–Trinajstić information content (AvgIpc) is 0.799. The van der Waals surface area contributed by atoms with Crippen LogP contribution in [-0.2, 0) is 0 Å². The second-order valence-electron chi connectivity index (χ2n) is 22.3. The number of hydrogen-bond donors (Lipinski definition) is 4. The summed E-state index contributed by atoms with van der Waals surface area (Å²) in [5.41, 5.74) is 41.0. The van der Waals surface area contributed by atoms with Crippen LogP contribution in [0.1, 0.15) is 22.8 Å². The van der Waals surface area contributed by atoms with Crippen molar-refractivity contribution in [1.29, 1.82) is 0 Å². The number of fused-ring (bicyclic) bond motifs is 3. The van der Waals surface area contributed by atoms with Crippen molar-refractivity contribution in [1.82, 2.24) is 64.8 Å². The first-order valence-corrected chi connectivity index (χ1v) is 30.5. The molecule has 0 radical (unpaired) electrons. The van der Waals surface area contributed by atoms with Gasteiger partial charge < -0.3 is 22.9 Å². The Morgan fingerprint density at radius 1 is 0.306 bits per heavy atom. The number of nitrogens with zero attached hydrogens (tertiary/aromatic N) is 13. The van der Waals surface area contributed by atoms with E-state index >= 15 is 0 Å². The molecule has 15 rings (SSSR count). The smallest absolute Gasteiger partial charge is 0.220 e. The van der Waals surface area contributed by atoms with Gasteiger partial charge in [0, 0.05) is 95.8 Å². The molecule has 0 amide bonds. The maximum Gasteiger partial charge on any atom is 0.220 e. The van der Waals surface area contributed by atoms with Gasteiger partial charge in [0.2, 0.25) is 11.9 Å². The fraction of sp³-hybridized carbons (Fsp3) is 0.0533. The van der Waals surface area contributed by atoms with Crippen molar-refractivity contribution < 1.29 is 22.0 Å². The van der Waals surface area contributed by atoms with E-state index in [1.165, 1.54) is 60.9 Å². The van der Waals surface area contributed by atoms with Gasteiger partial charge in [-0.25, -0.2) is 86.7 Å². The quantitative estimate of drug-likeness (QED) is 0.0813. The third kappa shape index (κ3) is 14.8. The lowest BCUT2D eigenvalue weighted by atomic mass is 9.97. The highest BCUT2D eigenvalue weighted by Crippen LogP contribution is 2.38. The maximum atomic E-state index is 14.1. The number of rotatable bonds is 8. The van der Waals surface area contributed by atoms with Gasteiger partial charge >= 0.3 is 0 Å². The van der Waals surface area contributed by atoms with E-state index in [0.717, 1.165) is 111 Å². The number of anilines is 4. The fourth-order valence-corrected chi connectivity index (χ4v) is 11.0. The maximum absolute atomic E-state index is 14.1. The van der Waals surface area contributed by atoms with Gasteiger partial charge in [0.05, 0.1) is 39.3 Å². The number of halogens is 6. The minimum absolute atomic E-state index is 0.153. The Morgan fingerprint density at radius 2 is 0.663 bits per heavy atom. The number of hydrogen-bond acceptors (Lipinski definition) is 17. The second-order valence-corrected chi connectivity index (χ2v) is 22.7. The first-order valence-electron chi connectivity index (χ1n) is 30.1. The molecule has 98 heavy (non-hydrogen) atoms. The van der Waals surface area contributed by atoms with Crippen LogP contribution in [0, 0.1) is 56.8 Å². The first-order chi connectivity index (χ1) is 47.3. The van der Waals surface area contributed by atoms with E-state index in [1.54, 1.807) is 85.7 Å². The number of nitrogens with two attached hydrogens (primary N) is 4. The number of nitrogen functional groups attached to an aromatic ring is 4. The molecule has 0 spiro atoms. The number of aryl methyl sites for hydroxylation is 4. The third-order valence-electron chi connectivity index (χ3n) is 15.7. The van der Waals surface area contributed by atoms with Crippen molar-refractivity contribution in [2.45, 2.75) is 27.7 Å². The summed E-state index contributed by atoms with van der Waals surface area (Å²) in [6.45, 7) is 7.63. The number of benzene rings is 7. The SMILES string of the molecule is Cc1cc(-c2cnc(N)nc2-c2ccc(F)cc2)cc(Cl)n1.Cc1ncnc2ccc(-c3cc(F)c(N)nc3-c3ccc(F)cc3)cc12.Cc1ncnc2ccc(-c3ccc(N)nc3-c3ccc(F)cc3)cc12.Cc1ncnc2ccc(-c3cnc(N)nc3-c3ccc(F)cc3)cc12. The van der Waals surface area contributed by atoms with E-state index in [2.05, 4.69) is 64.8 Å². The molecule has 8 N–H and O–H groups in total. The zero-order valence-electron chi connectivity index (χ0n) is 52.6. The van der Waals surface area contributed by atoms with Crippen LogP contribution in [0.15, 0.2) is 213 Å². The summed E-state index contributed by atoms with van der Waals surface area (Å²) in [6, 6.07) is 50.4. The highest BCUT2D eigenvalue weighted by atomic mass is 35.5. The van der Waals surface area contributed by atoms with Crippen LogP contribution >= 0.6 is 11.6 Å². The van der Waals surface area contributed by atoms with Gasteiger partial charge in [-0.2, -0.15) is 0 Å². The van der Waals surface area contributed by atoms with E-state index in [0.29, 0.717) is 44.9 Å². The minimum Gasteiger partial charge on any atom is -0.384 e. The molecule has 0 bridgehead atoms. The Bertz CT molecular complexity index is 5270. The van der Waals surface area contributed by atoms with E-state index < -0.39 is 5.82 Å². The van der Waals surface area contributed by atoms with E-state index in [4.69, 9.17) is 34.5 Å². The Balaban J connectivity index is 0.000000125. The fourth-order valence-electron chi connectivity index (χ4n) is 10.8. The summed E-state index contributed by atoms with van der Waals surface area (Å²) in [4.78, 5) is 55.2. The zero-order chi connectivity index (χ0) is 68.7. The molecule has 7 aromatic carbocycles. The molecule has 0 fully saturated rings. The summed E-state index contributed by atoms with van der Waals surface area (Å²) >= 11 is 6.02. The predicted octanol–water partition coefficient (Wildman–Crippen LogP) is 16.6. The van der Waals surface area contributed by atoms with Gasteiger partial charge in [-0.15, -0.1) is 0 Å². The lowest BCUT2D eigenvalue weighted by molar-refractivity contribution is 0.626. The van der Waals surface area contributed by atoms with Crippen molar-refractivity contribution in [3.05, 3.63) is 270 Å². The van der Waals surface area contributed by atoms with Crippen molar-refractivity contribution in [3.8, 4) is 89.5 Å². The van der Waals surface area contributed by atoms with Crippen LogP contribution in [0.2, 0.25) is 5.15 Å². The number of aromatic nitrogens is 13. The molecule has 0 saturated carbocycles. The predicted molar refractivity (Wildman–Crippen MR) is 375 cm³/mol.